The average Bonchev–Trinajstić information content (AvgIpc) is 2.30. The van der Waals surface area contributed by atoms with Gasteiger partial charge in [0.1, 0.15) is 0 Å². The largest absolute Gasteiger partial charge is 0.385 e. The van der Waals surface area contributed by atoms with E-state index in [4.69, 9.17) is 4.74 Å². The molecule has 0 aliphatic carbocycles. The van der Waals surface area contributed by atoms with Crippen LogP contribution in [0.4, 0.5) is 5.69 Å². The van der Waals surface area contributed by atoms with E-state index >= 15 is 0 Å². The molecule has 1 aromatic rings. The normalized spacial score (nSPS) is 10.4. The van der Waals surface area contributed by atoms with E-state index < -0.39 is 0 Å². The second-order valence-corrected chi connectivity index (χ2v) is 4.70. The number of hydrogen-bond donors (Lipinski definition) is 1. The van der Waals surface area contributed by atoms with Crippen LogP contribution in [0.25, 0.3) is 0 Å². The van der Waals surface area contributed by atoms with Crippen LogP contribution in [0.2, 0.25) is 0 Å². The molecule has 0 aromatic heterocycles. The lowest BCUT2D eigenvalue weighted by atomic mass is 10.1. The van der Waals surface area contributed by atoms with Gasteiger partial charge >= 0.3 is 0 Å². The molecular formula is C13H20BrNO. The van der Waals surface area contributed by atoms with E-state index in [1.807, 2.05) is 0 Å². The highest BCUT2D eigenvalue weighted by Crippen LogP contribution is 2.21. The van der Waals surface area contributed by atoms with Crippen molar-refractivity contribution in [2.24, 2.45) is 0 Å². The molecule has 0 radical (unpaired) electrons. The third kappa shape index (κ3) is 4.54. The number of unbranched alkanes of at least 4 members (excludes halogenated alkanes) is 1. The number of benzene rings is 1. The van der Waals surface area contributed by atoms with Crippen LogP contribution in [0, 0.1) is 0 Å². The second-order valence-electron chi connectivity index (χ2n) is 3.78. The summed E-state index contributed by atoms with van der Waals surface area (Å²) >= 11 is 3.50. The topological polar surface area (TPSA) is 21.3 Å². The predicted octanol–water partition coefficient (Wildman–Crippen LogP) is 3.85. The van der Waals surface area contributed by atoms with Crippen molar-refractivity contribution in [3.63, 3.8) is 0 Å². The minimum Gasteiger partial charge on any atom is -0.385 e. The molecule has 90 valence electrons. The Hall–Kier alpha value is -0.540. The van der Waals surface area contributed by atoms with Crippen LogP contribution in [0.5, 0.6) is 0 Å². The molecule has 3 heteroatoms. The molecule has 16 heavy (non-hydrogen) atoms. The minimum absolute atomic E-state index is 0.850. The van der Waals surface area contributed by atoms with Crippen LogP contribution in [0.3, 0.4) is 0 Å². The Morgan fingerprint density at radius 3 is 2.81 bits per heavy atom. The maximum atomic E-state index is 5.02. The maximum absolute atomic E-state index is 5.02. The SMILES string of the molecule is CCc1cc(Br)ccc1NCCCCOC. The number of halogens is 1. The van der Waals surface area contributed by atoms with E-state index in [-0.39, 0.29) is 0 Å². The maximum Gasteiger partial charge on any atom is 0.0462 e. The van der Waals surface area contributed by atoms with Crippen molar-refractivity contribution in [3.8, 4) is 0 Å². The van der Waals surface area contributed by atoms with Crippen molar-refractivity contribution in [2.75, 3.05) is 25.6 Å². The standard InChI is InChI=1S/C13H20BrNO/c1-3-11-10-12(14)6-7-13(11)15-8-4-5-9-16-2/h6-7,10,15H,3-5,8-9H2,1-2H3. The number of anilines is 1. The quantitative estimate of drug-likeness (QED) is 0.769. The Morgan fingerprint density at radius 1 is 1.31 bits per heavy atom. The van der Waals surface area contributed by atoms with Gasteiger partial charge in [0, 0.05) is 30.4 Å². The lowest BCUT2D eigenvalue weighted by Gasteiger charge is -2.11. The van der Waals surface area contributed by atoms with Gasteiger partial charge in [-0.25, -0.2) is 0 Å². The highest BCUT2D eigenvalue weighted by Gasteiger charge is 2.00. The van der Waals surface area contributed by atoms with Crippen molar-refractivity contribution in [2.45, 2.75) is 26.2 Å². The molecular weight excluding hydrogens is 266 g/mol. The molecule has 0 spiro atoms. The van der Waals surface area contributed by atoms with Crippen molar-refractivity contribution in [1.29, 1.82) is 0 Å². The monoisotopic (exact) mass is 285 g/mol. The summed E-state index contributed by atoms with van der Waals surface area (Å²) in [6.07, 6.45) is 3.31. The Labute approximate surface area is 107 Å². The van der Waals surface area contributed by atoms with E-state index in [0.29, 0.717) is 0 Å². The first-order chi connectivity index (χ1) is 7.77. The molecule has 0 aliphatic rings. The fraction of sp³-hybridized carbons (Fsp3) is 0.538. The van der Waals surface area contributed by atoms with Gasteiger partial charge in [-0.05, 0) is 43.0 Å². The summed E-state index contributed by atoms with van der Waals surface area (Å²) in [6.45, 7) is 4.04. The molecule has 1 aromatic carbocycles. The van der Waals surface area contributed by atoms with E-state index in [1.165, 1.54) is 11.3 Å². The summed E-state index contributed by atoms with van der Waals surface area (Å²) in [5.74, 6) is 0. The van der Waals surface area contributed by atoms with Crippen LogP contribution in [-0.2, 0) is 11.2 Å². The molecule has 1 rings (SSSR count). The summed E-state index contributed by atoms with van der Waals surface area (Å²) in [7, 11) is 1.75. The number of hydrogen-bond acceptors (Lipinski definition) is 2. The van der Waals surface area contributed by atoms with E-state index in [0.717, 1.165) is 36.9 Å². The molecule has 0 heterocycles. The van der Waals surface area contributed by atoms with Gasteiger partial charge in [0.15, 0.2) is 0 Å². The molecule has 0 aliphatic heterocycles. The van der Waals surface area contributed by atoms with Crippen molar-refractivity contribution < 1.29 is 4.74 Å². The number of rotatable bonds is 7. The van der Waals surface area contributed by atoms with Crippen molar-refractivity contribution in [1.82, 2.24) is 0 Å². The zero-order chi connectivity index (χ0) is 11.8. The van der Waals surface area contributed by atoms with E-state index in [1.54, 1.807) is 7.11 Å². The molecule has 0 unspecified atom stereocenters. The van der Waals surface area contributed by atoms with E-state index in [9.17, 15) is 0 Å². The Morgan fingerprint density at radius 2 is 2.12 bits per heavy atom. The van der Waals surface area contributed by atoms with Gasteiger partial charge in [-0.1, -0.05) is 22.9 Å². The smallest absolute Gasteiger partial charge is 0.0462 e. The zero-order valence-electron chi connectivity index (χ0n) is 10.1. The zero-order valence-corrected chi connectivity index (χ0v) is 11.6. The number of ether oxygens (including phenoxy) is 1. The summed E-state index contributed by atoms with van der Waals surface area (Å²) in [4.78, 5) is 0. The third-order valence-electron chi connectivity index (χ3n) is 2.54. The van der Waals surface area contributed by atoms with Gasteiger partial charge < -0.3 is 10.1 Å². The number of nitrogens with one attached hydrogen (secondary N) is 1. The molecule has 0 amide bonds. The summed E-state index contributed by atoms with van der Waals surface area (Å²) in [5.41, 5.74) is 2.62. The fourth-order valence-corrected chi connectivity index (χ4v) is 2.03. The first kappa shape index (κ1) is 13.5. The third-order valence-corrected chi connectivity index (χ3v) is 3.03. The average molecular weight is 286 g/mol. The summed E-state index contributed by atoms with van der Waals surface area (Å²) in [5, 5.41) is 3.47. The lowest BCUT2D eigenvalue weighted by Crippen LogP contribution is -2.05. The Balaban J connectivity index is 2.41. The lowest BCUT2D eigenvalue weighted by molar-refractivity contribution is 0.194. The number of methoxy groups -OCH3 is 1. The van der Waals surface area contributed by atoms with Gasteiger partial charge in [-0.2, -0.15) is 0 Å². The molecule has 1 N–H and O–H groups in total. The highest BCUT2D eigenvalue weighted by atomic mass is 79.9. The van der Waals surface area contributed by atoms with Gasteiger partial charge in [0.05, 0.1) is 0 Å². The van der Waals surface area contributed by atoms with Crippen LogP contribution >= 0.6 is 15.9 Å². The second kappa shape index (κ2) is 7.69. The van der Waals surface area contributed by atoms with Crippen LogP contribution < -0.4 is 5.32 Å². The van der Waals surface area contributed by atoms with Crippen molar-refractivity contribution in [3.05, 3.63) is 28.2 Å². The Kier molecular flexibility index (Phi) is 6.50. The summed E-state index contributed by atoms with van der Waals surface area (Å²) in [6, 6.07) is 6.40. The van der Waals surface area contributed by atoms with E-state index in [2.05, 4.69) is 46.4 Å². The van der Waals surface area contributed by atoms with Crippen LogP contribution in [0.15, 0.2) is 22.7 Å². The van der Waals surface area contributed by atoms with Gasteiger partial charge in [0.2, 0.25) is 0 Å². The summed E-state index contributed by atoms with van der Waals surface area (Å²) < 4.78 is 6.17. The van der Waals surface area contributed by atoms with Crippen molar-refractivity contribution >= 4 is 21.6 Å². The van der Waals surface area contributed by atoms with Crippen LogP contribution in [0.1, 0.15) is 25.3 Å². The molecule has 2 nitrogen and oxygen atoms in total. The first-order valence-electron chi connectivity index (χ1n) is 5.79. The molecule has 0 saturated carbocycles. The van der Waals surface area contributed by atoms with Gasteiger partial charge in [-0.3, -0.25) is 0 Å². The first-order valence-corrected chi connectivity index (χ1v) is 6.58. The van der Waals surface area contributed by atoms with Gasteiger partial charge in [0.25, 0.3) is 0 Å². The molecule has 0 fully saturated rings. The van der Waals surface area contributed by atoms with Gasteiger partial charge in [-0.15, -0.1) is 0 Å². The predicted molar refractivity (Wildman–Crippen MR) is 73.1 cm³/mol. The molecule has 0 atom stereocenters. The minimum atomic E-state index is 0.850. The Bertz CT molecular complexity index is 315. The van der Waals surface area contributed by atoms with Crippen LogP contribution in [-0.4, -0.2) is 20.3 Å². The highest BCUT2D eigenvalue weighted by molar-refractivity contribution is 9.10. The molecule has 0 saturated heterocycles. The molecule has 0 bridgehead atoms. The number of aryl methyl sites for hydroxylation is 1. The fourth-order valence-electron chi connectivity index (χ4n) is 1.62.